The molecule has 3 atom stereocenters. The van der Waals surface area contributed by atoms with Crippen LogP contribution in [-0.4, -0.2) is 55.0 Å². The molecular weight excluding hydrogens is 448 g/mol. The fourth-order valence-corrected chi connectivity index (χ4v) is 4.79. The van der Waals surface area contributed by atoms with Crippen LogP contribution in [0.5, 0.6) is 0 Å². The molecule has 1 aliphatic carbocycles. The Morgan fingerprint density at radius 3 is 2.23 bits per heavy atom. The number of rotatable bonds is 7. The Morgan fingerprint density at radius 2 is 1.66 bits per heavy atom. The second kappa shape index (κ2) is 10.1. The summed E-state index contributed by atoms with van der Waals surface area (Å²) in [6.45, 7) is 5.90. The highest BCUT2D eigenvalue weighted by Gasteiger charge is 2.37. The van der Waals surface area contributed by atoms with Crippen LogP contribution < -0.4 is 10.6 Å². The molecule has 0 saturated carbocycles. The molecule has 0 radical (unpaired) electrons. The number of carboxylic acids is 1. The zero-order valence-corrected chi connectivity index (χ0v) is 20.2. The van der Waals surface area contributed by atoms with Gasteiger partial charge in [0.1, 0.15) is 12.6 Å². The highest BCUT2D eigenvalue weighted by atomic mass is 16.5. The number of hydrogen-bond donors (Lipinski definition) is 3. The number of ether oxygens (including phenoxy) is 2. The molecule has 0 bridgehead atoms. The molecule has 8 heteroatoms. The minimum absolute atomic E-state index is 0.0195. The average molecular weight is 481 g/mol. The van der Waals surface area contributed by atoms with Crippen molar-refractivity contribution >= 4 is 18.0 Å². The molecule has 0 aromatic heterocycles. The van der Waals surface area contributed by atoms with Gasteiger partial charge in [-0.15, -0.1) is 0 Å². The van der Waals surface area contributed by atoms with Crippen molar-refractivity contribution in [3.63, 3.8) is 0 Å². The third-order valence-electron chi connectivity index (χ3n) is 6.67. The summed E-state index contributed by atoms with van der Waals surface area (Å²) < 4.78 is 11.2. The van der Waals surface area contributed by atoms with Crippen molar-refractivity contribution < 1.29 is 29.0 Å². The number of amides is 2. The van der Waals surface area contributed by atoms with Crippen molar-refractivity contribution in [2.75, 3.05) is 19.8 Å². The lowest BCUT2D eigenvalue weighted by Gasteiger charge is -2.28. The third kappa shape index (κ3) is 5.48. The zero-order chi connectivity index (χ0) is 25.2. The normalized spacial score (nSPS) is 20.0. The molecule has 186 valence electrons. The molecule has 2 aromatic rings. The first-order valence-electron chi connectivity index (χ1n) is 11.9. The van der Waals surface area contributed by atoms with E-state index in [1.54, 1.807) is 20.8 Å². The van der Waals surface area contributed by atoms with Gasteiger partial charge in [-0.1, -0.05) is 69.3 Å². The summed E-state index contributed by atoms with van der Waals surface area (Å²) in [5.41, 5.74) is 4.00. The van der Waals surface area contributed by atoms with Gasteiger partial charge in [-0.3, -0.25) is 4.79 Å². The van der Waals surface area contributed by atoms with E-state index in [2.05, 4.69) is 34.9 Å². The molecule has 8 nitrogen and oxygen atoms in total. The van der Waals surface area contributed by atoms with Crippen LogP contribution in [0, 0.1) is 11.3 Å². The van der Waals surface area contributed by atoms with Crippen molar-refractivity contribution in [1.82, 2.24) is 10.6 Å². The van der Waals surface area contributed by atoms with Gasteiger partial charge in [0.15, 0.2) is 0 Å². The molecule has 1 fully saturated rings. The first-order chi connectivity index (χ1) is 16.6. The second-order valence-corrected chi connectivity index (χ2v) is 10.2. The summed E-state index contributed by atoms with van der Waals surface area (Å²) in [6, 6.07) is 15.3. The van der Waals surface area contributed by atoms with E-state index >= 15 is 0 Å². The van der Waals surface area contributed by atoms with Gasteiger partial charge < -0.3 is 25.2 Å². The maximum atomic E-state index is 12.6. The van der Waals surface area contributed by atoms with E-state index in [9.17, 15) is 19.5 Å². The summed E-state index contributed by atoms with van der Waals surface area (Å²) >= 11 is 0. The van der Waals surface area contributed by atoms with Gasteiger partial charge in [0, 0.05) is 12.5 Å². The van der Waals surface area contributed by atoms with Crippen molar-refractivity contribution in [3.05, 3.63) is 59.7 Å². The van der Waals surface area contributed by atoms with Crippen LogP contribution in [0.3, 0.4) is 0 Å². The van der Waals surface area contributed by atoms with Crippen LogP contribution in [0.2, 0.25) is 0 Å². The molecule has 3 N–H and O–H groups in total. The average Bonchev–Trinajstić information content (AvgIpc) is 3.42. The maximum Gasteiger partial charge on any atom is 0.407 e. The molecule has 2 aliphatic rings. The number of hydrogen-bond acceptors (Lipinski definition) is 5. The Morgan fingerprint density at radius 1 is 1.06 bits per heavy atom. The predicted molar refractivity (Wildman–Crippen MR) is 130 cm³/mol. The first kappa shape index (κ1) is 24.7. The quantitative estimate of drug-likeness (QED) is 0.559. The van der Waals surface area contributed by atoms with Crippen molar-refractivity contribution in [3.8, 4) is 11.1 Å². The molecule has 0 spiro atoms. The van der Waals surface area contributed by atoms with Gasteiger partial charge in [0.2, 0.25) is 5.91 Å². The molecular formula is C27H32N2O6. The molecule has 3 unspecified atom stereocenters. The highest BCUT2D eigenvalue weighted by molar-refractivity contribution is 5.85. The maximum absolute atomic E-state index is 12.6. The standard InChI is InChI=1S/C27H32N2O6/c1-27(2,3)23(25(31)32)29-24(30)16-12-17(34-14-16)13-28-26(33)35-15-22-20-10-6-4-8-18(20)19-9-5-7-11-21(19)22/h4-11,16-17,22-23H,12-15H2,1-3H3,(H,28,33)(H,29,30)(H,31,32). The van der Waals surface area contributed by atoms with Crippen LogP contribution in [0.25, 0.3) is 11.1 Å². The van der Waals surface area contributed by atoms with Gasteiger partial charge in [0.05, 0.1) is 18.6 Å². The van der Waals surface area contributed by atoms with Gasteiger partial charge >= 0.3 is 12.1 Å². The summed E-state index contributed by atoms with van der Waals surface area (Å²) in [7, 11) is 0. The van der Waals surface area contributed by atoms with Gasteiger partial charge in [0.25, 0.3) is 0 Å². The number of carbonyl (C=O) groups excluding carboxylic acids is 2. The lowest BCUT2D eigenvalue weighted by atomic mass is 9.86. The van der Waals surface area contributed by atoms with Crippen LogP contribution in [0.1, 0.15) is 44.2 Å². The topological polar surface area (TPSA) is 114 Å². The molecule has 2 aromatic carbocycles. The van der Waals surface area contributed by atoms with E-state index < -0.39 is 29.4 Å². The largest absolute Gasteiger partial charge is 0.480 e. The van der Waals surface area contributed by atoms with Gasteiger partial charge in [-0.05, 0) is 34.1 Å². The fourth-order valence-electron chi connectivity index (χ4n) is 4.79. The number of benzene rings is 2. The van der Waals surface area contributed by atoms with E-state index in [0.717, 1.165) is 22.3 Å². The Hall–Kier alpha value is -3.39. The van der Waals surface area contributed by atoms with Crippen molar-refractivity contribution in [2.45, 2.75) is 45.3 Å². The fraction of sp³-hybridized carbons (Fsp3) is 0.444. The van der Waals surface area contributed by atoms with Crippen LogP contribution in [0.4, 0.5) is 4.79 Å². The lowest BCUT2D eigenvalue weighted by Crippen LogP contribution is -2.50. The van der Waals surface area contributed by atoms with Crippen LogP contribution in [0.15, 0.2) is 48.5 Å². The summed E-state index contributed by atoms with van der Waals surface area (Å²) in [5, 5.41) is 14.8. The van der Waals surface area contributed by atoms with E-state index in [0.29, 0.717) is 6.42 Å². The molecule has 1 saturated heterocycles. The lowest BCUT2D eigenvalue weighted by molar-refractivity contribution is -0.145. The SMILES string of the molecule is CC(C)(C)C(NC(=O)C1COC(CNC(=O)OCC2c3ccccc3-c3ccccc32)C1)C(=O)O. The number of aliphatic carboxylic acids is 1. The Balaban J connectivity index is 1.25. The monoisotopic (exact) mass is 480 g/mol. The van der Waals surface area contributed by atoms with E-state index in [1.807, 2.05) is 24.3 Å². The first-order valence-corrected chi connectivity index (χ1v) is 11.9. The van der Waals surface area contributed by atoms with Crippen LogP contribution in [-0.2, 0) is 19.1 Å². The number of fused-ring (bicyclic) bond motifs is 3. The summed E-state index contributed by atoms with van der Waals surface area (Å²) in [4.78, 5) is 36.5. The Kier molecular flexibility index (Phi) is 7.12. The minimum atomic E-state index is -1.07. The molecule has 4 rings (SSSR count). The molecule has 35 heavy (non-hydrogen) atoms. The van der Waals surface area contributed by atoms with Gasteiger partial charge in [-0.25, -0.2) is 9.59 Å². The Labute approximate surface area is 205 Å². The predicted octanol–water partition coefficient (Wildman–Crippen LogP) is 3.55. The summed E-state index contributed by atoms with van der Waals surface area (Å²) in [5.74, 6) is -1.91. The third-order valence-corrected chi connectivity index (χ3v) is 6.67. The number of nitrogens with one attached hydrogen (secondary N) is 2. The van der Waals surface area contributed by atoms with E-state index in [4.69, 9.17) is 9.47 Å². The van der Waals surface area contributed by atoms with Gasteiger partial charge in [-0.2, -0.15) is 0 Å². The number of carboxylic acid groups (broad SMARTS) is 1. The van der Waals surface area contributed by atoms with E-state index in [-0.39, 0.29) is 37.7 Å². The summed E-state index contributed by atoms with van der Waals surface area (Å²) in [6.07, 6.45) is -0.488. The van der Waals surface area contributed by atoms with E-state index in [1.165, 1.54) is 0 Å². The second-order valence-electron chi connectivity index (χ2n) is 10.2. The van der Waals surface area contributed by atoms with Crippen molar-refractivity contribution in [1.29, 1.82) is 0 Å². The minimum Gasteiger partial charge on any atom is -0.480 e. The Bertz CT molecular complexity index is 1060. The zero-order valence-electron chi connectivity index (χ0n) is 20.2. The smallest absolute Gasteiger partial charge is 0.407 e. The number of alkyl carbamates (subject to hydrolysis) is 1. The van der Waals surface area contributed by atoms with Crippen LogP contribution >= 0.6 is 0 Å². The molecule has 2 amide bonds. The van der Waals surface area contributed by atoms with Crippen molar-refractivity contribution in [2.24, 2.45) is 11.3 Å². The number of carbonyl (C=O) groups is 3. The highest BCUT2D eigenvalue weighted by Crippen LogP contribution is 2.44. The molecule has 1 heterocycles. The molecule has 1 aliphatic heterocycles.